The number of rotatable bonds is 7. The summed E-state index contributed by atoms with van der Waals surface area (Å²) in [5.74, 6) is 0.662. The molecule has 6 nitrogen and oxygen atoms in total. The summed E-state index contributed by atoms with van der Waals surface area (Å²) >= 11 is 0. The maximum Gasteiger partial charge on any atom is 0.325 e. The van der Waals surface area contributed by atoms with Crippen LogP contribution in [0, 0.1) is 6.92 Å². The highest BCUT2D eigenvalue weighted by Crippen LogP contribution is 2.20. The van der Waals surface area contributed by atoms with Crippen LogP contribution in [0.1, 0.15) is 11.1 Å². The van der Waals surface area contributed by atoms with Crippen molar-refractivity contribution in [1.82, 2.24) is 10.2 Å². The summed E-state index contributed by atoms with van der Waals surface area (Å²) in [6.07, 6.45) is 0.715. The van der Waals surface area contributed by atoms with Gasteiger partial charge in [-0.15, -0.1) is 0 Å². The third-order valence-electron chi connectivity index (χ3n) is 4.65. The number of carbonyl (C=O) groups excluding carboxylic acids is 2. The van der Waals surface area contributed by atoms with Crippen LogP contribution in [0.25, 0.3) is 0 Å². The lowest BCUT2D eigenvalue weighted by Gasteiger charge is -2.18. The van der Waals surface area contributed by atoms with Gasteiger partial charge < -0.3 is 15.0 Å². The molecule has 1 N–H and O–H groups in total. The first-order chi connectivity index (χ1) is 13.1. The number of aryl methyl sites for hydroxylation is 1. The molecule has 0 bridgehead atoms. The molecular formula is C21H25N3O3. The lowest BCUT2D eigenvalue weighted by molar-refractivity contribution is -0.121. The summed E-state index contributed by atoms with van der Waals surface area (Å²) in [5.41, 5.74) is 3.11. The lowest BCUT2D eigenvalue weighted by atomic mass is 10.1. The van der Waals surface area contributed by atoms with Crippen LogP contribution in [0.2, 0.25) is 0 Å². The molecule has 1 heterocycles. The number of benzene rings is 2. The number of carbonyl (C=O) groups is 2. The minimum Gasteiger partial charge on any atom is -0.497 e. The second kappa shape index (κ2) is 8.58. The van der Waals surface area contributed by atoms with E-state index in [1.807, 2.05) is 55.5 Å². The van der Waals surface area contributed by atoms with Crippen LogP contribution in [0.5, 0.6) is 5.75 Å². The largest absolute Gasteiger partial charge is 0.497 e. The first kappa shape index (κ1) is 18.8. The van der Waals surface area contributed by atoms with E-state index in [0.29, 0.717) is 26.1 Å². The molecule has 0 unspecified atom stereocenters. The van der Waals surface area contributed by atoms with E-state index in [4.69, 9.17) is 4.74 Å². The average Bonchev–Trinajstić information content (AvgIpc) is 3.03. The van der Waals surface area contributed by atoms with Crippen LogP contribution >= 0.6 is 0 Å². The topological polar surface area (TPSA) is 61.9 Å². The van der Waals surface area contributed by atoms with Gasteiger partial charge in [0.15, 0.2) is 0 Å². The molecule has 0 spiro atoms. The number of nitrogens with zero attached hydrogens (tertiary/aromatic N) is 2. The maximum atomic E-state index is 12.6. The Morgan fingerprint density at radius 2 is 1.93 bits per heavy atom. The van der Waals surface area contributed by atoms with Crippen LogP contribution in [-0.4, -0.2) is 50.1 Å². The Hall–Kier alpha value is -3.02. The predicted molar refractivity (Wildman–Crippen MR) is 105 cm³/mol. The van der Waals surface area contributed by atoms with Gasteiger partial charge in [-0.1, -0.05) is 29.8 Å². The zero-order valence-electron chi connectivity index (χ0n) is 15.8. The quantitative estimate of drug-likeness (QED) is 0.818. The Morgan fingerprint density at radius 1 is 1.15 bits per heavy atom. The van der Waals surface area contributed by atoms with Crippen molar-refractivity contribution in [2.24, 2.45) is 0 Å². The van der Waals surface area contributed by atoms with E-state index in [1.54, 1.807) is 16.9 Å². The van der Waals surface area contributed by atoms with E-state index < -0.39 is 0 Å². The number of amides is 3. The smallest absolute Gasteiger partial charge is 0.325 e. The Kier molecular flexibility index (Phi) is 5.96. The number of hydrogen-bond donors (Lipinski definition) is 1. The summed E-state index contributed by atoms with van der Waals surface area (Å²) < 4.78 is 5.20. The minimum absolute atomic E-state index is 0.0826. The molecule has 1 saturated heterocycles. The molecule has 3 amide bonds. The van der Waals surface area contributed by atoms with Gasteiger partial charge in [0, 0.05) is 25.3 Å². The van der Waals surface area contributed by atoms with Gasteiger partial charge in [0.1, 0.15) is 12.3 Å². The van der Waals surface area contributed by atoms with E-state index in [2.05, 4.69) is 5.32 Å². The van der Waals surface area contributed by atoms with Gasteiger partial charge in [-0.2, -0.15) is 0 Å². The summed E-state index contributed by atoms with van der Waals surface area (Å²) in [6, 6.07) is 15.5. The van der Waals surface area contributed by atoms with Crippen molar-refractivity contribution in [3.8, 4) is 5.75 Å². The van der Waals surface area contributed by atoms with Crippen molar-refractivity contribution in [3.05, 3.63) is 59.7 Å². The highest BCUT2D eigenvalue weighted by Gasteiger charge is 2.30. The Balaban J connectivity index is 1.46. The van der Waals surface area contributed by atoms with E-state index in [-0.39, 0.29) is 18.5 Å². The van der Waals surface area contributed by atoms with Gasteiger partial charge in [0.05, 0.1) is 7.11 Å². The molecule has 27 heavy (non-hydrogen) atoms. The first-order valence-corrected chi connectivity index (χ1v) is 9.09. The van der Waals surface area contributed by atoms with Gasteiger partial charge in [-0.25, -0.2) is 4.79 Å². The normalized spacial score (nSPS) is 13.8. The second-order valence-corrected chi connectivity index (χ2v) is 6.64. The summed E-state index contributed by atoms with van der Waals surface area (Å²) in [5, 5.41) is 2.89. The number of nitrogens with one attached hydrogen (secondary N) is 1. The molecule has 2 aromatic rings. The van der Waals surface area contributed by atoms with Crippen molar-refractivity contribution in [3.63, 3.8) is 0 Å². The van der Waals surface area contributed by atoms with Crippen molar-refractivity contribution >= 4 is 17.6 Å². The van der Waals surface area contributed by atoms with Crippen LogP contribution in [0.3, 0.4) is 0 Å². The third-order valence-corrected chi connectivity index (χ3v) is 4.65. The van der Waals surface area contributed by atoms with Crippen LogP contribution in [-0.2, 0) is 11.2 Å². The first-order valence-electron chi connectivity index (χ1n) is 9.09. The SMILES string of the molecule is COc1cccc(CCNC(=O)CN2CCN(c3ccc(C)cc3)C2=O)c1. The molecule has 0 aromatic heterocycles. The van der Waals surface area contributed by atoms with Crippen molar-refractivity contribution in [2.45, 2.75) is 13.3 Å². The van der Waals surface area contributed by atoms with Crippen molar-refractivity contribution < 1.29 is 14.3 Å². The molecular weight excluding hydrogens is 342 g/mol. The molecule has 1 aliphatic rings. The molecule has 0 radical (unpaired) electrons. The molecule has 2 aromatic carbocycles. The molecule has 1 fully saturated rings. The fourth-order valence-electron chi connectivity index (χ4n) is 3.10. The van der Waals surface area contributed by atoms with Crippen LogP contribution in [0.4, 0.5) is 10.5 Å². The molecule has 1 aliphatic heterocycles. The molecule has 3 rings (SSSR count). The highest BCUT2D eigenvalue weighted by atomic mass is 16.5. The minimum atomic E-state index is -0.142. The average molecular weight is 367 g/mol. The number of urea groups is 1. The standard InChI is InChI=1S/C21H25N3O3/c1-16-6-8-18(9-7-16)24-13-12-23(21(24)26)15-20(25)22-11-10-17-4-3-5-19(14-17)27-2/h3-9,14H,10-13,15H2,1-2H3,(H,22,25). The summed E-state index contributed by atoms with van der Waals surface area (Å²) in [4.78, 5) is 28.0. The van der Waals surface area contributed by atoms with E-state index >= 15 is 0 Å². The van der Waals surface area contributed by atoms with Crippen LogP contribution in [0.15, 0.2) is 48.5 Å². The molecule has 0 saturated carbocycles. The van der Waals surface area contributed by atoms with E-state index in [9.17, 15) is 9.59 Å². The zero-order chi connectivity index (χ0) is 19.2. The van der Waals surface area contributed by atoms with Crippen molar-refractivity contribution in [2.75, 3.05) is 38.2 Å². The lowest BCUT2D eigenvalue weighted by Crippen LogP contribution is -2.40. The Labute approximate surface area is 159 Å². The maximum absolute atomic E-state index is 12.6. The number of ether oxygens (including phenoxy) is 1. The predicted octanol–water partition coefficient (Wildman–Crippen LogP) is 2.60. The zero-order valence-corrected chi connectivity index (χ0v) is 15.8. The van der Waals surface area contributed by atoms with Gasteiger partial charge in [0.2, 0.25) is 5.91 Å². The Morgan fingerprint density at radius 3 is 2.67 bits per heavy atom. The van der Waals surface area contributed by atoms with Crippen molar-refractivity contribution in [1.29, 1.82) is 0 Å². The van der Waals surface area contributed by atoms with Crippen LogP contribution < -0.4 is 15.0 Å². The molecule has 0 atom stereocenters. The molecule has 0 aliphatic carbocycles. The van der Waals surface area contributed by atoms with Gasteiger partial charge in [-0.3, -0.25) is 9.69 Å². The van der Waals surface area contributed by atoms with Gasteiger partial charge in [-0.05, 0) is 43.2 Å². The molecule has 6 heteroatoms. The number of hydrogen-bond acceptors (Lipinski definition) is 3. The number of anilines is 1. The van der Waals surface area contributed by atoms with Gasteiger partial charge >= 0.3 is 6.03 Å². The summed E-state index contributed by atoms with van der Waals surface area (Å²) in [6.45, 7) is 3.77. The molecule has 142 valence electrons. The van der Waals surface area contributed by atoms with E-state index in [1.165, 1.54) is 0 Å². The second-order valence-electron chi connectivity index (χ2n) is 6.64. The fraction of sp³-hybridized carbons (Fsp3) is 0.333. The summed E-state index contributed by atoms with van der Waals surface area (Å²) in [7, 11) is 1.63. The fourth-order valence-corrected chi connectivity index (χ4v) is 3.10. The third kappa shape index (κ3) is 4.78. The van der Waals surface area contributed by atoms with E-state index in [0.717, 1.165) is 22.6 Å². The Bertz CT molecular complexity index is 805. The highest BCUT2D eigenvalue weighted by molar-refractivity contribution is 5.96. The van der Waals surface area contributed by atoms with Gasteiger partial charge in [0.25, 0.3) is 0 Å². The number of methoxy groups -OCH3 is 1. The monoisotopic (exact) mass is 367 g/mol.